The molecule has 3 heteroatoms. The van der Waals surface area contributed by atoms with Gasteiger partial charge in [-0.1, -0.05) is 64.1 Å². The molecule has 0 spiro atoms. The van der Waals surface area contributed by atoms with Gasteiger partial charge in [0.25, 0.3) is 0 Å². The third-order valence-corrected chi connectivity index (χ3v) is 5.83. The van der Waals surface area contributed by atoms with Gasteiger partial charge in [0.15, 0.2) is 0 Å². The molecule has 2 aromatic rings. The summed E-state index contributed by atoms with van der Waals surface area (Å²) in [6.07, 6.45) is 7.17. The second-order valence-corrected chi connectivity index (χ2v) is 8.84. The lowest BCUT2D eigenvalue weighted by molar-refractivity contribution is 0.0693. The minimum absolute atomic E-state index is 0.0771. The number of aromatic carboxylic acids is 1. The molecule has 0 saturated carbocycles. The van der Waals surface area contributed by atoms with Gasteiger partial charge in [-0.25, -0.2) is 4.79 Å². The topological polar surface area (TPSA) is 57.5 Å². The summed E-state index contributed by atoms with van der Waals surface area (Å²) in [5.74, 6) is -1.33. The summed E-state index contributed by atoms with van der Waals surface area (Å²) in [4.78, 5) is 11.0. The Labute approximate surface area is 161 Å². The number of allylic oxidation sites excluding steroid dienone is 1. The van der Waals surface area contributed by atoms with Crippen molar-refractivity contribution in [2.45, 2.75) is 57.8 Å². The Kier molecular flexibility index (Phi) is 4.90. The Morgan fingerprint density at radius 2 is 1.67 bits per heavy atom. The minimum Gasteiger partial charge on any atom is -0.507 e. The second-order valence-electron chi connectivity index (χ2n) is 8.84. The number of carboxylic acid groups (broad SMARTS) is 1. The lowest BCUT2D eigenvalue weighted by Gasteiger charge is -2.42. The lowest BCUT2D eigenvalue weighted by Crippen LogP contribution is -2.33. The van der Waals surface area contributed by atoms with Crippen LogP contribution in [0, 0.1) is 0 Å². The third kappa shape index (κ3) is 3.92. The van der Waals surface area contributed by atoms with Gasteiger partial charge in [-0.05, 0) is 64.5 Å². The first-order valence-corrected chi connectivity index (χ1v) is 9.47. The molecule has 0 aromatic heterocycles. The van der Waals surface area contributed by atoms with E-state index in [-0.39, 0.29) is 22.1 Å². The van der Waals surface area contributed by atoms with Crippen molar-refractivity contribution in [3.63, 3.8) is 0 Å². The number of carbonyl (C=O) groups is 1. The fraction of sp³-hybridized carbons (Fsp3) is 0.375. The Morgan fingerprint density at radius 3 is 2.30 bits per heavy atom. The van der Waals surface area contributed by atoms with Gasteiger partial charge in [0.05, 0.1) is 0 Å². The molecule has 2 N–H and O–H groups in total. The molecule has 3 rings (SSSR count). The number of fused-ring (bicyclic) bond motifs is 1. The van der Waals surface area contributed by atoms with Crippen molar-refractivity contribution < 1.29 is 15.0 Å². The number of carboxylic acids is 1. The normalized spacial score (nSPS) is 17.6. The number of rotatable bonds is 4. The smallest absolute Gasteiger partial charge is 0.339 e. The molecule has 0 radical (unpaired) electrons. The monoisotopic (exact) mass is 364 g/mol. The highest BCUT2D eigenvalue weighted by Crippen LogP contribution is 2.45. The van der Waals surface area contributed by atoms with Crippen LogP contribution in [0.25, 0.3) is 6.08 Å². The van der Waals surface area contributed by atoms with E-state index in [1.807, 2.05) is 6.08 Å². The molecular formula is C24H28O3. The largest absolute Gasteiger partial charge is 0.507 e. The van der Waals surface area contributed by atoms with E-state index < -0.39 is 5.97 Å². The van der Waals surface area contributed by atoms with Gasteiger partial charge in [0.1, 0.15) is 11.3 Å². The van der Waals surface area contributed by atoms with E-state index in [1.165, 1.54) is 41.7 Å². The highest BCUT2D eigenvalue weighted by Gasteiger charge is 2.36. The van der Waals surface area contributed by atoms with Crippen LogP contribution in [-0.2, 0) is 17.3 Å². The van der Waals surface area contributed by atoms with E-state index in [4.69, 9.17) is 5.11 Å². The maximum Gasteiger partial charge on any atom is 0.339 e. The Balaban J connectivity index is 1.80. The van der Waals surface area contributed by atoms with Gasteiger partial charge in [-0.3, -0.25) is 0 Å². The van der Waals surface area contributed by atoms with Crippen molar-refractivity contribution in [2.75, 3.05) is 0 Å². The number of phenols is 1. The number of benzene rings is 2. The summed E-state index contributed by atoms with van der Waals surface area (Å²) in [5.41, 5.74) is 5.31. The van der Waals surface area contributed by atoms with Crippen molar-refractivity contribution in [1.82, 2.24) is 0 Å². The van der Waals surface area contributed by atoms with Crippen molar-refractivity contribution >= 4 is 12.0 Å². The van der Waals surface area contributed by atoms with Gasteiger partial charge in [0, 0.05) is 0 Å². The van der Waals surface area contributed by atoms with Crippen molar-refractivity contribution in [1.29, 1.82) is 0 Å². The Bertz CT molecular complexity index is 904. The molecule has 0 saturated heterocycles. The molecule has 1 aliphatic carbocycles. The first kappa shape index (κ1) is 19.2. The molecule has 2 aromatic carbocycles. The molecule has 0 bridgehead atoms. The zero-order valence-electron chi connectivity index (χ0n) is 16.5. The van der Waals surface area contributed by atoms with E-state index >= 15 is 0 Å². The molecule has 0 atom stereocenters. The predicted molar refractivity (Wildman–Crippen MR) is 110 cm³/mol. The SMILES string of the molecule is CC1(C)CCC(C)(C)c2cc(C/C=C/c3ccc(C(=O)O)c(O)c3)ccc21. The number of hydrogen-bond acceptors (Lipinski definition) is 2. The highest BCUT2D eigenvalue weighted by molar-refractivity contribution is 5.91. The average molecular weight is 364 g/mol. The first-order valence-electron chi connectivity index (χ1n) is 9.47. The van der Waals surface area contributed by atoms with E-state index in [2.05, 4.69) is 52.0 Å². The van der Waals surface area contributed by atoms with Gasteiger partial charge in [0.2, 0.25) is 0 Å². The molecule has 0 unspecified atom stereocenters. The molecule has 142 valence electrons. The zero-order chi connectivity index (χ0) is 19.8. The van der Waals surface area contributed by atoms with Crippen molar-refractivity contribution in [3.8, 4) is 5.75 Å². The first-order chi connectivity index (χ1) is 12.6. The fourth-order valence-electron chi connectivity index (χ4n) is 3.93. The fourth-order valence-corrected chi connectivity index (χ4v) is 3.93. The second kappa shape index (κ2) is 6.88. The molecule has 0 fully saturated rings. The van der Waals surface area contributed by atoms with Gasteiger partial charge in [-0.15, -0.1) is 0 Å². The standard InChI is InChI=1S/C24H28O3/c1-23(2)12-13-24(3,4)20-14-16(9-11-19(20)23)6-5-7-17-8-10-18(22(26)27)21(25)15-17/h5,7-11,14-15,25H,6,12-13H2,1-4H3,(H,26,27)/b7-5+. The Hall–Kier alpha value is -2.55. The molecule has 0 heterocycles. The zero-order valence-corrected chi connectivity index (χ0v) is 16.5. The predicted octanol–water partition coefficient (Wildman–Crippen LogP) is 5.70. The summed E-state index contributed by atoms with van der Waals surface area (Å²) >= 11 is 0. The van der Waals surface area contributed by atoms with E-state index in [0.29, 0.717) is 0 Å². The van der Waals surface area contributed by atoms with Gasteiger partial charge >= 0.3 is 5.97 Å². The van der Waals surface area contributed by atoms with Crippen LogP contribution in [0.1, 0.15) is 73.1 Å². The molecule has 3 nitrogen and oxygen atoms in total. The Morgan fingerprint density at radius 1 is 1.00 bits per heavy atom. The van der Waals surface area contributed by atoms with Crippen molar-refractivity contribution in [3.05, 3.63) is 70.3 Å². The minimum atomic E-state index is -1.12. The summed E-state index contributed by atoms with van der Waals surface area (Å²) in [6, 6.07) is 11.5. The third-order valence-electron chi connectivity index (χ3n) is 5.83. The number of hydrogen-bond donors (Lipinski definition) is 2. The molecule has 0 aliphatic heterocycles. The van der Waals surface area contributed by atoms with Gasteiger partial charge < -0.3 is 10.2 Å². The highest BCUT2D eigenvalue weighted by atomic mass is 16.4. The van der Waals surface area contributed by atoms with Crippen LogP contribution >= 0.6 is 0 Å². The summed E-state index contributed by atoms with van der Waals surface area (Å²) < 4.78 is 0. The average Bonchev–Trinajstić information content (AvgIpc) is 2.59. The van der Waals surface area contributed by atoms with E-state index in [0.717, 1.165) is 12.0 Å². The lowest BCUT2D eigenvalue weighted by atomic mass is 9.63. The maximum atomic E-state index is 11.0. The van der Waals surface area contributed by atoms with E-state index in [1.54, 1.807) is 6.07 Å². The van der Waals surface area contributed by atoms with E-state index in [9.17, 15) is 9.90 Å². The molecular weight excluding hydrogens is 336 g/mol. The van der Waals surface area contributed by atoms with Crippen LogP contribution in [0.2, 0.25) is 0 Å². The number of aromatic hydroxyl groups is 1. The van der Waals surface area contributed by atoms with Crippen molar-refractivity contribution in [2.24, 2.45) is 0 Å². The van der Waals surface area contributed by atoms with Crippen LogP contribution in [0.5, 0.6) is 5.75 Å². The van der Waals surface area contributed by atoms with Crippen LogP contribution in [0.15, 0.2) is 42.5 Å². The molecule has 1 aliphatic rings. The van der Waals surface area contributed by atoms with Crippen LogP contribution in [0.4, 0.5) is 0 Å². The van der Waals surface area contributed by atoms with Crippen LogP contribution in [-0.4, -0.2) is 16.2 Å². The van der Waals surface area contributed by atoms with Crippen LogP contribution < -0.4 is 0 Å². The van der Waals surface area contributed by atoms with Gasteiger partial charge in [-0.2, -0.15) is 0 Å². The summed E-state index contributed by atoms with van der Waals surface area (Å²) in [5, 5.41) is 18.8. The summed E-state index contributed by atoms with van der Waals surface area (Å²) in [6.45, 7) is 9.31. The molecule has 27 heavy (non-hydrogen) atoms. The molecule has 0 amide bonds. The quantitative estimate of drug-likeness (QED) is 0.732. The summed E-state index contributed by atoms with van der Waals surface area (Å²) in [7, 11) is 0. The maximum absolute atomic E-state index is 11.0. The van der Waals surface area contributed by atoms with Crippen LogP contribution in [0.3, 0.4) is 0 Å².